The summed E-state index contributed by atoms with van der Waals surface area (Å²) in [7, 11) is -3.22. The lowest BCUT2D eigenvalue weighted by Crippen LogP contribution is -2.36. The highest BCUT2D eigenvalue weighted by molar-refractivity contribution is 7.92. The maximum absolute atomic E-state index is 12.0. The van der Waals surface area contributed by atoms with Crippen LogP contribution in [0.3, 0.4) is 0 Å². The molecule has 90 valence electrons. The van der Waals surface area contributed by atoms with Crippen LogP contribution in [-0.4, -0.2) is 31.8 Å². The SMILES string of the molecule is O=C(C1=COCCC1)C1CCCCS1(=O)=O. The van der Waals surface area contributed by atoms with Gasteiger partial charge in [0.05, 0.1) is 18.6 Å². The highest BCUT2D eigenvalue weighted by atomic mass is 32.2. The Bertz CT molecular complexity index is 408. The number of carbonyl (C=O) groups is 1. The molecule has 5 heteroatoms. The summed E-state index contributed by atoms with van der Waals surface area (Å²) in [6.07, 6.45) is 4.86. The summed E-state index contributed by atoms with van der Waals surface area (Å²) in [5, 5.41) is -0.811. The van der Waals surface area contributed by atoms with E-state index in [-0.39, 0.29) is 11.5 Å². The molecule has 2 heterocycles. The maximum atomic E-state index is 12.0. The smallest absolute Gasteiger partial charge is 0.180 e. The van der Waals surface area contributed by atoms with Crippen molar-refractivity contribution >= 4 is 15.6 Å². The highest BCUT2D eigenvalue weighted by Gasteiger charge is 2.36. The van der Waals surface area contributed by atoms with Crippen molar-refractivity contribution in [2.24, 2.45) is 0 Å². The molecule has 0 aromatic carbocycles. The summed E-state index contributed by atoms with van der Waals surface area (Å²) in [6.45, 7) is 0.619. The van der Waals surface area contributed by atoms with Crippen molar-refractivity contribution in [2.45, 2.75) is 37.4 Å². The zero-order valence-electron chi connectivity index (χ0n) is 9.15. The van der Waals surface area contributed by atoms with Crippen LogP contribution in [0.4, 0.5) is 0 Å². The molecule has 2 rings (SSSR count). The number of Topliss-reactive ketones (excluding diaryl/α,β-unsaturated/α-hetero) is 1. The van der Waals surface area contributed by atoms with E-state index in [1.54, 1.807) is 0 Å². The maximum Gasteiger partial charge on any atom is 0.180 e. The minimum Gasteiger partial charge on any atom is -0.501 e. The van der Waals surface area contributed by atoms with E-state index in [0.29, 0.717) is 31.4 Å². The van der Waals surface area contributed by atoms with Crippen molar-refractivity contribution in [2.75, 3.05) is 12.4 Å². The average Bonchev–Trinajstić information content (AvgIpc) is 2.29. The van der Waals surface area contributed by atoms with Gasteiger partial charge in [-0.05, 0) is 25.7 Å². The van der Waals surface area contributed by atoms with Gasteiger partial charge in [-0.2, -0.15) is 0 Å². The molecule has 2 aliphatic heterocycles. The second-order valence-corrected chi connectivity index (χ2v) is 6.64. The first-order valence-corrected chi connectivity index (χ1v) is 7.39. The average molecular weight is 244 g/mol. The van der Waals surface area contributed by atoms with Crippen molar-refractivity contribution < 1.29 is 17.9 Å². The van der Waals surface area contributed by atoms with Gasteiger partial charge >= 0.3 is 0 Å². The van der Waals surface area contributed by atoms with Crippen molar-refractivity contribution in [3.63, 3.8) is 0 Å². The number of hydrogen-bond donors (Lipinski definition) is 0. The number of ether oxygens (including phenoxy) is 1. The molecule has 0 saturated carbocycles. The Kier molecular flexibility index (Phi) is 3.33. The molecule has 1 unspecified atom stereocenters. The van der Waals surface area contributed by atoms with E-state index >= 15 is 0 Å². The standard InChI is InChI=1S/C11H16O4S/c12-11(9-4-3-6-15-8-9)10-5-1-2-7-16(10,13)14/h8,10H,1-7H2. The van der Waals surface area contributed by atoms with Gasteiger partial charge in [0, 0.05) is 5.57 Å². The molecule has 0 N–H and O–H groups in total. The normalized spacial score (nSPS) is 29.0. The van der Waals surface area contributed by atoms with Gasteiger partial charge in [0.2, 0.25) is 0 Å². The Labute approximate surface area is 95.6 Å². The van der Waals surface area contributed by atoms with E-state index in [2.05, 4.69) is 0 Å². The van der Waals surface area contributed by atoms with E-state index in [4.69, 9.17) is 4.74 Å². The van der Waals surface area contributed by atoms with E-state index in [1.807, 2.05) is 0 Å². The van der Waals surface area contributed by atoms with E-state index in [9.17, 15) is 13.2 Å². The van der Waals surface area contributed by atoms with Crippen molar-refractivity contribution in [3.05, 3.63) is 11.8 Å². The topological polar surface area (TPSA) is 60.4 Å². The fraction of sp³-hybridized carbons (Fsp3) is 0.727. The lowest BCUT2D eigenvalue weighted by atomic mass is 10.0. The van der Waals surface area contributed by atoms with Crippen LogP contribution < -0.4 is 0 Å². The van der Waals surface area contributed by atoms with Gasteiger partial charge in [-0.25, -0.2) is 8.42 Å². The second-order valence-electron chi connectivity index (χ2n) is 4.33. The molecular formula is C11H16O4S. The molecule has 0 aliphatic carbocycles. The van der Waals surface area contributed by atoms with Gasteiger partial charge in [0.1, 0.15) is 5.25 Å². The largest absolute Gasteiger partial charge is 0.501 e. The number of allylic oxidation sites excluding steroid dienone is 1. The third-order valence-corrected chi connectivity index (χ3v) is 5.30. The predicted molar refractivity (Wildman–Crippen MR) is 59.7 cm³/mol. The zero-order chi connectivity index (χ0) is 11.6. The highest BCUT2D eigenvalue weighted by Crippen LogP contribution is 2.25. The number of sulfone groups is 1. The van der Waals surface area contributed by atoms with Gasteiger partial charge in [-0.1, -0.05) is 6.42 Å². The fourth-order valence-corrected chi connectivity index (χ4v) is 4.10. The summed E-state index contributed by atoms with van der Waals surface area (Å²) in [6, 6.07) is 0. The zero-order valence-corrected chi connectivity index (χ0v) is 9.96. The molecule has 0 amide bonds. The van der Waals surface area contributed by atoms with Crippen LogP contribution in [0, 0.1) is 0 Å². The summed E-state index contributed by atoms with van der Waals surface area (Å²) in [5.74, 6) is -0.0863. The Morgan fingerprint density at radius 2 is 2.12 bits per heavy atom. The van der Waals surface area contributed by atoms with E-state index in [0.717, 1.165) is 12.8 Å². The van der Waals surface area contributed by atoms with E-state index < -0.39 is 15.1 Å². The molecule has 1 saturated heterocycles. The van der Waals surface area contributed by atoms with Gasteiger partial charge in [0.15, 0.2) is 15.6 Å². The third-order valence-electron chi connectivity index (χ3n) is 3.12. The Morgan fingerprint density at radius 1 is 1.31 bits per heavy atom. The summed E-state index contributed by atoms with van der Waals surface area (Å²) in [4.78, 5) is 12.0. The second kappa shape index (κ2) is 4.57. The number of ketones is 1. The Morgan fingerprint density at radius 3 is 2.75 bits per heavy atom. The number of carbonyl (C=O) groups excluding carboxylic acids is 1. The first-order chi connectivity index (χ1) is 7.61. The number of hydrogen-bond acceptors (Lipinski definition) is 4. The summed E-state index contributed by atoms with van der Waals surface area (Å²) in [5.41, 5.74) is 0.543. The van der Waals surface area contributed by atoms with E-state index in [1.165, 1.54) is 6.26 Å². The molecule has 16 heavy (non-hydrogen) atoms. The van der Waals surface area contributed by atoms with Crippen LogP contribution in [0.2, 0.25) is 0 Å². The first kappa shape index (κ1) is 11.6. The molecule has 0 radical (unpaired) electrons. The quantitative estimate of drug-likeness (QED) is 0.732. The van der Waals surface area contributed by atoms with Crippen LogP contribution in [-0.2, 0) is 19.4 Å². The predicted octanol–water partition coefficient (Wildman–Crippen LogP) is 1.22. The van der Waals surface area contributed by atoms with Crippen molar-refractivity contribution in [1.82, 2.24) is 0 Å². The molecule has 2 aliphatic rings. The van der Waals surface area contributed by atoms with Gasteiger partial charge in [0.25, 0.3) is 0 Å². The molecular weight excluding hydrogens is 228 g/mol. The molecule has 4 nitrogen and oxygen atoms in total. The lowest BCUT2D eigenvalue weighted by Gasteiger charge is -2.23. The molecule has 1 atom stereocenters. The van der Waals surface area contributed by atoms with Gasteiger partial charge in [-0.3, -0.25) is 4.79 Å². The Balaban J connectivity index is 2.17. The third kappa shape index (κ3) is 2.29. The van der Waals surface area contributed by atoms with Crippen molar-refractivity contribution in [3.8, 4) is 0 Å². The van der Waals surface area contributed by atoms with Crippen LogP contribution in [0.25, 0.3) is 0 Å². The molecule has 0 bridgehead atoms. The number of rotatable bonds is 2. The lowest BCUT2D eigenvalue weighted by molar-refractivity contribution is -0.115. The molecule has 0 spiro atoms. The minimum absolute atomic E-state index is 0.150. The molecule has 0 aromatic rings. The van der Waals surface area contributed by atoms with Crippen molar-refractivity contribution in [1.29, 1.82) is 0 Å². The van der Waals surface area contributed by atoms with Crippen LogP contribution in [0.15, 0.2) is 11.8 Å². The summed E-state index contributed by atoms with van der Waals surface area (Å²) >= 11 is 0. The van der Waals surface area contributed by atoms with Gasteiger partial charge in [-0.15, -0.1) is 0 Å². The minimum atomic E-state index is -3.22. The van der Waals surface area contributed by atoms with Crippen LogP contribution in [0.5, 0.6) is 0 Å². The van der Waals surface area contributed by atoms with Gasteiger partial charge < -0.3 is 4.74 Å². The molecule has 0 aromatic heterocycles. The fourth-order valence-electron chi connectivity index (χ4n) is 2.20. The summed E-state index contributed by atoms with van der Waals surface area (Å²) < 4.78 is 28.6. The monoisotopic (exact) mass is 244 g/mol. The molecule has 1 fully saturated rings. The van der Waals surface area contributed by atoms with Crippen LogP contribution in [0.1, 0.15) is 32.1 Å². The van der Waals surface area contributed by atoms with Crippen LogP contribution >= 0.6 is 0 Å². The Hall–Kier alpha value is -0.840. The first-order valence-electron chi connectivity index (χ1n) is 5.68.